The van der Waals surface area contributed by atoms with Crippen LogP contribution in [0.1, 0.15) is 37.0 Å². The molecule has 0 atom stereocenters. The van der Waals surface area contributed by atoms with Crippen LogP contribution in [-0.2, 0) is 10.2 Å². The van der Waals surface area contributed by atoms with Crippen LogP contribution in [0.4, 0.5) is 5.69 Å². The van der Waals surface area contributed by atoms with Crippen LogP contribution in [-0.4, -0.2) is 36.2 Å². The molecular weight excluding hydrogens is 386 g/mol. The molecule has 0 spiro atoms. The highest BCUT2D eigenvalue weighted by atomic mass is 79.9. The third kappa shape index (κ3) is 5.79. The summed E-state index contributed by atoms with van der Waals surface area (Å²) in [4.78, 5) is 21.1. The number of nitrogens with one attached hydrogen (secondary N) is 1. The number of carbonyl (C=O) groups is 1. The van der Waals surface area contributed by atoms with Crippen molar-refractivity contribution < 1.29 is 14.3 Å². The number of nitrogens with zero attached hydrogens (tertiary/aromatic N) is 2. The van der Waals surface area contributed by atoms with Crippen molar-refractivity contribution in [3.8, 4) is 5.75 Å². The van der Waals surface area contributed by atoms with Crippen molar-refractivity contribution in [1.82, 2.24) is 9.97 Å². The van der Waals surface area contributed by atoms with Crippen LogP contribution >= 0.6 is 15.9 Å². The average Bonchev–Trinajstić information content (AvgIpc) is 2.54. The van der Waals surface area contributed by atoms with E-state index < -0.39 is 0 Å². The Morgan fingerprint density at radius 3 is 2.44 bits per heavy atom. The molecule has 6 nitrogen and oxygen atoms in total. The van der Waals surface area contributed by atoms with Gasteiger partial charge in [0.2, 0.25) is 0 Å². The van der Waals surface area contributed by atoms with Crippen LogP contribution in [0, 0.1) is 0 Å². The molecule has 0 aliphatic carbocycles. The highest BCUT2D eigenvalue weighted by molar-refractivity contribution is 9.10. The number of anilines is 1. The van der Waals surface area contributed by atoms with Gasteiger partial charge in [0.25, 0.3) is 5.91 Å². The molecule has 2 rings (SSSR count). The normalized spacial score (nSPS) is 11.2. The molecule has 0 aliphatic heterocycles. The summed E-state index contributed by atoms with van der Waals surface area (Å²) in [5.74, 6) is 1.06. The Morgan fingerprint density at radius 2 is 1.84 bits per heavy atom. The van der Waals surface area contributed by atoms with Gasteiger partial charge in [0.05, 0.1) is 24.7 Å². The van der Waals surface area contributed by atoms with Gasteiger partial charge in [-0.2, -0.15) is 0 Å². The summed E-state index contributed by atoms with van der Waals surface area (Å²) >= 11 is 3.39. The molecule has 0 aliphatic rings. The van der Waals surface area contributed by atoms with E-state index in [0.717, 1.165) is 10.3 Å². The summed E-state index contributed by atoms with van der Waals surface area (Å²) in [6, 6.07) is 5.21. The number of hydrogen-bond donors (Lipinski definition) is 1. The van der Waals surface area contributed by atoms with Crippen molar-refractivity contribution in [2.24, 2.45) is 0 Å². The van der Waals surface area contributed by atoms with Gasteiger partial charge in [-0.1, -0.05) is 36.7 Å². The third-order valence-corrected chi connectivity index (χ3v) is 3.73. The largest absolute Gasteiger partial charge is 0.491 e. The maximum atomic E-state index is 12.5. The number of methoxy groups -OCH3 is 1. The smallest absolute Gasteiger partial charge is 0.255 e. The zero-order valence-corrected chi connectivity index (χ0v) is 16.4. The van der Waals surface area contributed by atoms with E-state index in [2.05, 4.69) is 31.2 Å². The second-order valence-corrected chi connectivity index (χ2v) is 7.43. The van der Waals surface area contributed by atoms with Gasteiger partial charge in [0.1, 0.15) is 18.2 Å². The fraction of sp³-hybridized carbons (Fsp3) is 0.389. The van der Waals surface area contributed by atoms with Gasteiger partial charge < -0.3 is 14.8 Å². The number of rotatable bonds is 6. The van der Waals surface area contributed by atoms with Crippen LogP contribution in [0.5, 0.6) is 5.75 Å². The SMILES string of the molecule is COCCOc1cc(Br)cc(C(=O)Nc2cnc(C(C)(C)C)nc2)c1. The average molecular weight is 408 g/mol. The topological polar surface area (TPSA) is 73.3 Å². The van der Waals surface area contributed by atoms with Crippen LogP contribution in [0.15, 0.2) is 35.1 Å². The minimum Gasteiger partial charge on any atom is -0.491 e. The highest BCUT2D eigenvalue weighted by Crippen LogP contribution is 2.23. The number of hydrogen-bond acceptors (Lipinski definition) is 5. The summed E-state index contributed by atoms with van der Waals surface area (Å²) in [5.41, 5.74) is 0.878. The van der Waals surface area contributed by atoms with E-state index in [9.17, 15) is 4.79 Å². The quantitative estimate of drug-likeness (QED) is 0.736. The Balaban J connectivity index is 2.09. The Labute approximate surface area is 156 Å². The second kappa shape index (κ2) is 8.40. The molecular formula is C18H22BrN3O3. The molecule has 0 saturated heterocycles. The summed E-state index contributed by atoms with van der Waals surface area (Å²) in [5, 5.41) is 2.79. The minimum atomic E-state index is -0.259. The van der Waals surface area contributed by atoms with E-state index in [1.165, 1.54) is 0 Å². The van der Waals surface area contributed by atoms with Gasteiger partial charge in [0.15, 0.2) is 0 Å². The van der Waals surface area contributed by atoms with Crippen molar-refractivity contribution in [2.45, 2.75) is 26.2 Å². The molecule has 0 radical (unpaired) electrons. The first-order chi connectivity index (χ1) is 11.8. The van der Waals surface area contributed by atoms with Crippen molar-refractivity contribution in [1.29, 1.82) is 0 Å². The maximum Gasteiger partial charge on any atom is 0.255 e. The predicted octanol–water partition coefficient (Wildman–Crippen LogP) is 3.81. The van der Waals surface area contributed by atoms with E-state index in [0.29, 0.717) is 30.2 Å². The van der Waals surface area contributed by atoms with Crippen LogP contribution in [0.3, 0.4) is 0 Å². The monoisotopic (exact) mass is 407 g/mol. The number of ether oxygens (including phenoxy) is 2. The minimum absolute atomic E-state index is 0.138. The summed E-state index contributed by atoms with van der Waals surface area (Å²) < 4.78 is 11.3. The van der Waals surface area contributed by atoms with Crippen LogP contribution in [0.25, 0.3) is 0 Å². The zero-order chi connectivity index (χ0) is 18.4. The molecule has 0 bridgehead atoms. The Kier molecular flexibility index (Phi) is 6.50. The van der Waals surface area contributed by atoms with Gasteiger partial charge in [-0.15, -0.1) is 0 Å². The van der Waals surface area contributed by atoms with Gasteiger partial charge in [-0.05, 0) is 18.2 Å². The molecule has 1 aromatic carbocycles. The lowest BCUT2D eigenvalue weighted by molar-refractivity contribution is 0.102. The van der Waals surface area contributed by atoms with Crippen LogP contribution < -0.4 is 10.1 Å². The Morgan fingerprint density at radius 1 is 1.16 bits per heavy atom. The second-order valence-electron chi connectivity index (χ2n) is 6.52. The summed E-state index contributed by atoms with van der Waals surface area (Å²) in [6.45, 7) is 7.00. The lowest BCUT2D eigenvalue weighted by atomic mass is 9.96. The molecule has 0 unspecified atom stereocenters. The first-order valence-electron chi connectivity index (χ1n) is 7.86. The lowest BCUT2D eigenvalue weighted by Crippen LogP contribution is -2.17. The molecule has 134 valence electrons. The standard InChI is InChI=1S/C18H22BrN3O3/c1-18(2,3)17-20-10-14(11-21-17)22-16(23)12-7-13(19)9-15(8-12)25-6-5-24-4/h7-11H,5-6H2,1-4H3,(H,22,23). The van der Waals surface area contributed by atoms with E-state index in [1.54, 1.807) is 37.7 Å². The van der Waals surface area contributed by atoms with Crippen molar-refractivity contribution in [3.63, 3.8) is 0 Å². The van der Waals surface area contributed by atoms with E-state index in [1.807, 2.05) is 20.8 Å². The molecule has 7 heteroatoms. The van der Waals surface area contributed by atoms with Gasteiger partial charge in [-0.3, -0.25) is 4.79 Å². The van der Waals surface area contributed by atoms with Gasteiger partial charge >= 0.3 is 0 Å². The molecule has 0 saturated carbocycles. The molecule has 25 heavy (non-hydrogen) atoms. The first-order valence-corrected chi connectivity index (χ1v) is 8.65. The van der Waals surface area contributed by atoms with Gasteiger partial charge in [-0.25, -0.2) is 9.97 Å². The maximum absolute atomic E-state index is 12.5. The predicted molar refractivity (Wildman–Crippen MR) is 100 cm³/mol. The number of benzene rings is 1. The fourth-order valence-electron chi connectivity index (χ4n) is 2.00. The Bertz CT molecular complexity index is 727. The van der Waals surface area contributed by atoms with Gasteiger partial charge in [0, 0.05) is 22.6 Å². The van der Waals surface area contributed by atoms with E-state index in [4.69, 9.17) is 9.47 Å². The highest BCUT2D eigenvalue weighted by Gasteiger charge is 2.17. The number of carbonyl (C=O) groups excluding carboxylic acids is 1. The summed E-state index contributed by atoms with van der Waals surface area (Å²) in [6.07, 6.45) is 3.22. The van der Waals surface area contributed by atoms with Crippen molar-refractivity contribution in [3.05, 3.63) is 46.5 Å². The molecule has 1 aromatic heterocycles. The number of halogens is 1. The molecule has 1 heterocycles. The van der Waals surface area contributed by atoms with Crippen LogP contribution in [0.2, 0.25) is 0 Å². The fourth-order valence-corrected chi connectivity index (χ4v) is 2.48. The third-order valence-electron chi connectivity index (χ3n) is 3.27. The number of amides is 1. The molecule has 1 amide bonds. The van der Waals surface area contributed by atoms with E-state index in [-0.39, 0.29) is 11.3 Å². The van der Waals surface area contributed by atoms with Crippen molar-refractivity contribution >= 4 is 27.5 Å². The summed E-state index contributed by atoms with van der Waals surface area (Å²) in [7, 11) is 1.61. The molecule has 0 fully saturated rings. The van der Waals surface area contributed by atoms with E-state index >= 15 is 0 Å². The lowest BCUT2D eigenvalue weighted by Gasteiger charge is -2.16. The number of aromatic nitrogens is 2. The van der Waals surface area contributed by atoms with Crippen molar-refractivity contribution in [2.75, 3.05) is 25.6 Å². The molecule has 1 N–H and O–H groups in total. The zero-order valence-electron chi connectivity index (χ0n) is 14.8. The Hall–Kier alpha value is -1.99. The first kappa shape index (κ1) is 19.3. The molecule has 2 aromatic rings.